The molecular weight excluding hydrogens is 455 g/mol. The van der Waals surface area contributed by atoms with E-state index in [0.717, 1.165) is 40.8 Å². The summed E-state index contributed by atoms with van der Waals surface area (Å²) in [6.07, 6.45) is 5.59. The van der Waals surface area contributed by atoms with Crippen LogP contribution in [0.4, 0.5) is 22.2 Å². The second-order valence-corrected chi connectivity index (χ2v) is 8.07. The first kappa shape index (κ1) is 19.7. The van der Waals surface area contributed by atoms with Crippen LogP contribution in [-0.2, 0) is 0 Å². The van der Waals surface area contributed by atoms with Crippen LogP contribution in [-0.4, -0.2) is 42.2 Å². The number of halogens is 1. The van der Waals surface area contributed by atoms with E-state index in [9.17, 15) is 4.79 Å². The van der Waals surface area contributed by atoms with Gasteiger partial charge in [-0.05, 0) is 66.5 Å². The highest BCUT2D eigenvalue weighted by atomic mass is 127. The van der Waals surface area contributed by atoms with Gasteiger partial charge in [-0.2, -0.15) is 4.98 Å². The molecule has 27 heavy (non-hydrogen) atoms. The van der Waals surface area contributed by atoms with E-state index >= 15 is 0 Å². The summed E-state index contributed by atoms with van der Waals surface area (Å²) in [5, 5.41) is 9.43. The topological polar surface area (TPSA) is 82.2 Å². The molecular formula is C19H25IN6O. The van der Waals surface area contributed by atoms with Gasteiger partial charge < -0.3 is 20.9 Å². The number of nitrogens with zero attached hydrogens (tertiary/aromatic N) is 3. The molecule has 0 unspecified atom stereocenters. The van der Waals surface area contributed by atoms with Crippen molar-refractivity contribution in [3.63, 3.8) is 0 Å². The molecule has 2 amide bonds. The quantitative estimate of drug-likeness (QED) is 0.569. The maximum Gasteiger partial charge on any atom is 0.319 e. The van der Waals surface area contributed by atoms with Crippen molar-refractivity contribution < 1.29 is 4.79 Å². The number of anilines is 3. The molecule has 0 radical (unpaired) electrons. The van der Waals surface area contributed by atoms with E-state index in [4.69, 9.17) is 0 Å². The van der Waals surface area contributed by atoms with Gasteiger partial charge in [0.1, 0.15) is 5.82 Å². The fraction of sp³-hybridized carbons (Fsp3) is 0.421. The molecule has 0 aliphatic heterocycles. The Labute approximate surface area is 173 Å². The zero-order chi connectivity index (χ0) is 19.2. The lowest BCUT2D eigenvalue weighted by atomic mass is 9.91. The highest BCUT2D eigenvalue weighted by Crippen LogP contribution is 2.22. The number of hydrogen-bond donors (Lipinski definition) is 3. The molecule has 7 nitrogen and oxygen atoms in total. The third kappa shape index (κ3) is 5.69. The number of amides is 2. The fourth-order valence-electron chi connectivity index (χ4n) is 3.14. The molecule has 0 atom stereocenters. The molecule has 3 N–H and O–H groups in total. The molecule has 1 fully saturated rings. The van der Waals surface area contributed by atoms with E-state index in [2.05, 4.69) is 48.5 Å². The van der Waals surface area contributed by atoms with Crippen molar-refractivity contribution in [2.75, 3.05) is 29.6 Å². The van der Waals surface area contributed by atoms with Crippen LogP contribution >= 0.6 is 22.6 Å². The van der Waals surface area contributed by atoms with Crippen molar-refractivity contribution in [1.29, 1.82) is 0 Å². The Kier molecular flexibility index (Phi) is 6.70. The Morgan fingerprint density at radius 2 is 1.81 bits per heavy atom. The lowest BCUT2D eigenvalue weighted by Gasteiger charge is -2.29. The van der Waals surface area contributed by atoms with Crippen molar-refractivity contribution in [3.8, 4) is 0 Å². The van der Waals surface area contributed by atoms with Crippen LogP contribution in [0.5, 0.6) is 0 Å². The molecule has 1 saturated carbocycles. The fourth-order valence-corrected chi connectivity index (χ4v) is 3.66. The number of carbonyl (C=O) groups is 1. The van der Waals surface area contributed by atoms with Crippen LogP contribution in [0.2, 0.25) is 0 Å². The predicted octanol–water partition coefficient (Wildman–Crippen LogP) is 3.69. The Morgan fingerprint density at radius 3 is 2.52 bits per heavy atom. The van der Waals surface area contributed by atoms with Gasteiger partial charge in [-0.15, -0.1) is 0 Å². The Hall–Kier alpha value is -2.10. The van der Waals surface area contributed by atoms with E-state index in [1.807, 2.05) is 49.3 Å². The molecule has 1 aromatic heterocycles. The van der Waals surface area contributed by atoms with Gasteiger partial charge in [0, 0.05) is 35.9 Å². The van der Waals surface area contributed by atoms with Crippen LogP contribution in [0.25, 0.3) is 0 Å². The Bertz CT molecular complexity index is 776. The second-order valence-electron chi connectivity index (χ2n) is 6.90. The van der Waals surface area contributed by atoms with Crippen molar-refractivity contribution in [1.82, 2.24) is 15.3 Å². The minimum Gasteiger partial charge on any atom is -0.363 e. The molecule has 0 bridgehead atoms. The molecule has 0 saturated heterocycles. The smallest absolute Gasteiger partial charge is 0.319 e. The number of carbonyl (C=O) groups excluding carboxylic acids is 1. The first-order valence-corrected chi connectivity index (χ1v) is 10.2. The average Bonchev–Trinajstić information content (AvgIpc) is 2.65. The number of urea groups is 1. The number of hydrogen-bond acceptors (Lipinski definition) is 5. The summed E-state index contributed by atoms with van der Waals surface area (Å²) in [5.41, 5.74) is 0.837. The van der Waals surface area contributed by atoms with Gasteiger partial charge in [-0.1, -0.05) is 12.1 Å². The van der Waals surface area contributed by atoms with Crippen molar-refractivity contribution in [3.05, 3.63) is 40.1 Å². The molecule has 1 aliphatic carbocycles. The van der Waals surface area contributed by atoms with Gasteiger partial charge in [-0.3, -0.25) is 0 Å². The van der Waals surface area contributed by atoms with E-state index in [-0.39, 0.29) is 12.1 Å². The molecule has 0 spiro atoms. The van der Waals surface area contributed by atoms with Crippen molar-refractivity contribution in [2.24, 2.45) is 0 Å². The highest BCUT2D eigenvalue weighted by Gasteiger charge is 2.23. The first-order valence-electron chi connectivity index (χ1n) is 9.10. The van der Waals surface area contributed by atoms with E-state index in [1.165, 1.54) is 0 Å². The molecule has 8 heteroatoms. The van der Waals surface area contributed by atoms with E-state index in [0.29, 0.717) is 12.0 Å². The SMILES string of the molecule is CN(C)c1ccnc(N[C@H]2CC[C@@H](NC(=O)Nc3ccccc3I)CC2)n1. The van der Waals surface area contributed by atoms with Gasteiger partial charge in [0.05, 0.1) is 5.69 Å². The molecule has 1 aliphatic rings. The second kappa shape index (κ2) is 9.20. The van der Waals surface area contributed by atoms with E-state index < -0.39 is 0 Å². The number of para-hydroxylation sites is 1. The zero-order valence-corrected chi connectivity index (χ0v) is 17.7. The average molecular weight is 480 g/mol. The highest BCUT2D eigenvalue weighted by molar-refractivity contribution is 14.1. The number of aromatic nitrogens is 2. The predicted molar refractivity (Wildman–Crippen MR) is 117 cm³/mol. The summed E-state index contributed by atoms with van der Waals surface area (Å²) in [5.74, 6) is 1.55. The molecule has 144 valence electrons. The van der Waals surface area contributed by atoms with Crippen LogP contribution in [0.3, 0.4) is 0 Å². The summed E-state index contributed by atoms with van der Waals surface area (Å²) in [4.78, 5) is 23.0. The number of nitrogens with one attached hydrogen (secondary N) is 3. The molecule has 1 aromatic carbocycles. The minimum atomic E-state index is -0.141. The third-order valence-electron chi connectivity index (χ3n) is 4.62. The molecule has 3 rings (SSSR count). The normalized spacial score (nSPS) is 19.2. The maximum atomic E-state index is 12.2. The summed E-state index contributed by atoms with van der Waals surface area (Å²) in [7, 11) is 3.93. The maximum absolute atomic E-state index is 12.2. The number of rotatable bonds is 5. The summed E-state index contributed by atoms with van der Waals surface area (Å²) < 4.78 is 1.03. The Balaban J connectivity index is 1.45. The van der Waals surface area contributed by atoms with E-state index in [1.54, 1.807) is 6.20 Å². The number of benzene rings is 1. The van der Waals surface area contributed by atoms with Crippen LogP contribution in [0, 0.1) is 3.57 Å². The summed E-state index contributed by atoms with van der Waals surface area (Å²) in [6.45, 7) is 0. The lowest BCUT2D eigenvalue weighted by Crippen LogP contribution is -2.42. The summed E-state index contributed by atoms with van der Waals surface area (Å²) >= 11 is 2.22. The van der Waals surface area contributed by atoms with Gasteiger partial charge in [0.15, 0.2) is 0 Å². The minimum absolute atomic E-state index is 0.141. The molecule has 2 aromatic rings. The van der Waals surface area contributed by atoms with Crippen LogP contribution < -0.4 is 20.9 Å². The monoisotopic (exact) mass is 480 g/mol. The third-order valence-corrected chi connectivity index (χ3v) is 5.56. The van der Waals surface area contributed by atoms with Crippen molar-refractivity contribution >= 4 is 46.1 Å². The first-order chi connectivity index (χ1) is 13.0. The van der Waals surface area contributed by atoms with Crippen LogP contribution in [0.1, 0.15) is 25.7 Å². The van der Waals surface area contributed by atoms with Gasteiger partial charge in [-0.25, -0.2) is 9.78 Å². The standard InChI is InChI=1S/C19H25IN6O/c1-26(2)17-11-12-21-18(25-17)22-13-7-9-14(10-8-13)23-19(27)24-16-6-4-3-5-15(16)20/h3-6,11-14H,7-10H2,1-2H3,(H,21,22,25)(H2,23,24,27)/t13-,14+. The van der Waals surface area contributed by atoms with Crippen LogP contribution in [0.15, 0.2) is 36.5 Å². The van der Waals surface area contributed by atoms with Gasteiger partial charge in [0.2, 0.25) is 5.95 Å². The largest absolute Gasteiger partial charge is 0.363 e. The lowest BCUT2D eigenvalue weighted by molar-refractivity contribution is 0.243. The summed E-state index contributed by atoms with van der Waals surface area (Å²) in [6, 6.07) is 10.0. The van der Waals surface area contributed by atoms with Crippen molar-refractivity contribution in [2.45, 2.75) is 37.8 Å². The molecule has 1 heterocycles. The Morgan fingerprint density at radius 1 is 1.11 bits per heavy atom. The van der Waals surface area contributed by atoms with Gasteiger partial charge in [0.25, 0.3) is 0 Å². The zero-order valence-electron chi connectivity index (χ0n) is 15.6. The van der Waals surface area contributed by atoms with Gasteiger partial charge >= 0.3 is 6.03 Å².